The molecule has 4 N–H and O–H groups in total. The molecule has 7 heteroatoms. The Hall–Kier alpha value is -2.83. The highest BCUT2D eigenvalue weighted by Gasteiger charge is 2.05. The van der Waals surface area contributed by atoms with Crippen LogP contribution in [0.5, 0.6) is 0 Å². The van der Waals surface area contributed by atoms with Gasteiger partial charge in [-0.2, -0.15) is 5.10 Å². The van der Waals surface area contributed by atoms with Gasteiger partial charge in [-0.1, -0.05) is 24.3 Å². The summed E-state index contributed by atoms with van der Waals surface area (Å²) in [5.74, 6) is -0.199. The monoisotopic (exact) mass is 274 g/mol. The number of rotatable bonds is 5. The Kier molecular flexibility index (Phi) is 4.33. The first-order valence-corrected chi connectivity index (χ1v) is 5.97. The highest BCUT2D eigenvalue weighted by molar-refractivity contribution is 5.93. The molecule has 2 amide bonds. The molecular formula is C13H14N4O3. The molecule has 0 unspecified atom stereocenters. The van der Waals surface area contributed by atoms with Crippen LogP contribution in [0, 0.1) is 0 Å². The maximum Gasteiger partial charge on any atom is 0.404 e. The summed E-state index contributed by atoms with van der Waals surface area (Å²) >= 11 is 0. The normalized spacial score (nSPS) is 10.0. The Labute approximate surface area is 115 Å². The van der Waals surface area contributed by atoms with Crippen molar-refractivity contribution >= 4 is 12.0 Å². The van der Waals surface area contributed by atoms with E-state index < -0.39 is 6.09 Å². The van der Waals surface area contributed by atoms with Crippen molar-refractivity contribution in [2.75, 3.05) is 0 Å². The van der Waals surface area contributed by atoms with E-state index in [2.05, 4.69) is 20.8 Å². The van der Waals surface area contributed by atoms with Crippen molar-refractivity contribution in [3.8, 4) is 0 Å². The summed E-state index contributed by atoms with van der Waals surface area (Å²) in [6.07, 6.45) is 1.92. The number of hydrogen-bond acceptors (Lipinski definition) is 3. The zero-order chi connectivity index (χ0) is 14.4. The predicted molar refractivity (Wildman–Crippen MR) is 71.1 cm³/mol. The minimum Gasteiger partial charge on any atom is -0.465 e. The summed E-state index contributed by atoms with van der Waals surface area (Å²) in [5.41, 5.74) is 2.27. The van der Waals surface area contributed by atoms with Gasteiger partial charge in [-0.15, -0.1) is 0 Å². The Balaban J connectivity index is 1.84. The molecular weight excluding hydrogens is 260 g/mol. The van der Waals surface area contributed by atoms with Crippen LogP contribution >= 0.6 is 0 Å². The van der Waals surface area contributed by atoms with Crippen molar-refractivity contribution in [3.63, 3.8) is 0 Å². The van der Waals surface area contributed by atoms with Gasteiger partial charge >= 0.3 is 6.09 Å². The smallest absolute Gasteiger partial charge is 0.404 e. The van der Waals surface area contributed by atoms with Crippen LogP contribution in [-0.2, 0) is 13.1 Å². The van der Waals surface area contributed by atoms with Gasteiger partial charge in [0.2, 0.25) is 0 Å². The van der Waals surface area contributed by atoms with Gasteiger partial charge in [0.05, 0.1) is 11.8 Å². The fourth-order valence-corrected chi connectivity index (χ4v) is 1.61. The number of amides is 2. The number of nitrogens with one attached hydrogen (secondary N) is 3. The van der Waals surface area contributed by atoms with Gasteiger partial charge in [-0.05, 0) is 11.1 Å². The topological polar surface area (TPSA) is 107 Å². The molecule has 2 aromatic rings. The Bertz CT molecular complexity index is 578. The van der Waals surface area contributed by atoms with Gasteiger partial charge in [0.1, 0.15) is 0 Å². The van der Waals surface area contributed by atoms with Crippen LogP contribution < -0.4 is 10.6 Å². The third-order valence-corrected chi connectivity index (χ3v) is 2.68. The van der Waals surface area contributed by atoms with Crippen LogP contribution in [0.4, 0.5) is 4.79 Å². The van der Waals surface area contributed by atoms with E-state index in [1.165, 1.54) is 12.4 Å². The number of nitrogens with zero attached hydrogens (tertiary/aromatic N) is 1. The SMILES string of the molecule is O=C(O)NCc1ccc(CNC(=O)c2cn[nH]c2)cc1. The standard InChI is InChI=1S/C13H14N4O3/c18-12(11-7-16-17-8-11)14-5-9-1-3-10(4-2-9)6-15-13(19)20/h1-4,7-8,15H,5-6H2,(H,14,18)(H,16,17)(H,19,20). The van der Waals surface area contributed by atoms with Gasteiger partial charge < -0.3 is 15.7 Å². The molecule has 1 aromatic heterocycles. The molecule has 2 rings (SSSR count). The molecule has 0 aliphatic heterocycles. The third-order valence-electron chi connectivity index (χ3n) is 2.68. The van der Waals surface area contributed by atoms with Crippen LogP contribution in [0.15, 0.2) is 36.7 Å². The minimum absolute atomic E-state index is 0.199. The summed E-state index contributed by atoms with van der Waals surface area (Å²) in [5, 5.41) is 19.8. The molecule has 0 fully saturated rings. The minimum atomic E-state index is -1.05. The summed E-state index contributed by atoms with van der Waals surface area (Å²) < 4.78 is 0. The van der Waals surface area contributed by atoms with Crippen LogP contribution in [0.3, 0.4) is 0 Å². The zero-order valence-electron chi connectivity index (χ0n) is 10.6. The van der Waals surface area contributed by atoms with Gasteiger partial charge in [0, 0.05) is 19.3 Å². The number of carbonyl (C=O) groups is 2. The molecule has 1 aromatic carbocycles. The lowest BCUT2D eigenvalue weighted by Crippen LogP contribution is -2.22. The van der Waals surface area contributed by atoms with Crippen molar-refractivity contribution in [3.05, 3.63) is 53.3 Å². The Morgan fingerprint density at radius 3 is 2.20 bits per heavy atom. The molecule has 0 spiro atoms. The molecule has 0 aliphatic rings. The third kappa shape index (κ3) is 3.84. The molecule has 0 saturated heterocycles. The number of carboxylic acid groups (broad SMARTS) is 1. The Morgan fingerprint density at radius 2 is 1.70 bits per heavy atom. The van der Waals surface area contributed by atoms with Gasteiger partial charge in [-0.25, -0.2) is 4.79 Å². The van der Waals surface area contributed by atoms with E-state index in [4.69, 9.17) is 5.11 Å². The fourth-order valence-electron chi connectivity index (χ4n) is 1.61. The van der Waals surface area contributed by atoms with Crippen LogP contribution in [0.2, 0.25) is 0 Å². The highest BCUT2D eigenvalue weighted by atomic mass is 16.4. The number of H-pyrrole nitrogens is 1. The first kappa shape index (κ1) is 13.6. The van der Waals surface area contributed by atoms with Crippen molar-refractivity contribution < 1.29 is 14.7 Å². The van der Waals surface area contributed by atoms with E-state index in [9.17, 15) is 9.59 Å². The average Bonchev–Trinajstić information content (AvgIpc) is 2.98. The summed E-state index contributed by atoms with van der Waals surface area (Å²) in [4.78, 5) is 22.0. The number of carbonyl (C=O) groups excluding carboxylic acids is 1. The molecule has 7 nitrogen and oxygen atoms in total. The van der Waals surface area contributed by atoms with E-state index in [0.29, 0.717) is 12.1 Å². The van der Waals surface area contributed by atoms with E-state index in [0.717, 1.165) is 11.1 Å². The van der Waals surface area contributed by atoms with Crippen molar-refractivity contribution in [2.24, 2.45) is 0 Å². The molecule has 1 heterocycles. The average molecular weight is 274 g/mol. The van der Waals surface area contributed by atoms with Crippen molar-refractivity contribution in [2.45, 2.75) is 13.1 Å². The van der Waals surface area contributed by atoms with Gasteiger partial charge in [0.25, 0.3) is 5.91 Å². The molecule has 0 saturated carbocycles. The van der Waals surface area contributed by atoms with Gasteiger partial charge in [-0.3, -0.25) is 9.89 Å². The number of aromatic nitrogens is 2. The van der Waals surface area contributed by atoms with Crippen molar-refractivity contribution in [1.29, 1.82) is 0 Å². The maximum absolute atomic E-state index is 11.7. The van der Waals surface area contributed by atoms with Crippen LogP contribution in [0.25, 0.3) is 0 Å². The van der Waals surface area contributed by atoms with Crippen molar-refractivity contribution in [1.82, 2.24) is 20.8 Å². The molecule has 0 bridgehead atoms. The van der Waals surface area contributed by atoms with E-state index >= 15 is 0 Å². The summed E-state index contributed by atoms with van der Waals surface area (Å²) in [6.45, 7) is 0.660. The largest absolute Gasteiger partial charge is 0.465 e. The lowest BCUT2D eigenvalue weighted by molar-refractivity contribution is 0.0951. The van der Waals surface area contributed by atoms with E-state index in [1.54, 1.807) is 0 Å². The first-order valence-electron chi connectivity index (χ1n) is 5.97. The lowest BCUT2D eigenvalue weighted by atomic mass is 10.1. The second kappa shape index (κ2) is 6.37. The van der Waals surface area contributed by atoms with Gasteiger partial charge in [0.15, 0.2) is 0 Å². The first-order chi connectivity index (χ1) is 9.65. The van der Waals surface area contributed by atoms with Crippen LogP contribution in [0.1, 0.15) is 21.5 Å². The molecule has 104 valence electrons. The number of aromatic amines is 1. The second-order valence-corrected chi connectivity index (χ2v) is 4.14. The molecule has 0 aliphatic carbocycles. The van der Waals surface area contributed by atoms with Crippen LogP contribution in [-0.4, -0.2) is 27.3 Å². The number of hydrogen-bond donors (Lipinski definition) is 4. The quantitative estimate of drug-likeness (QED) is 0.655. The lowest BCUT2D eigenvalue weighted by Gasteiger charge is -2.06. The second-order valence-electron chi connectivity index (χ2n) is 4.14. The maximum atomic E-state index is 11.7. The van der Waals surface area contributed by atoms with E-state index in [-0.39, 0.29) is 12.5 Å². The zero-order valence-corrected chi connectivity index (χ0v) is 10.6. The fraction of sp³-hybridized carbons (Fsp3) is 0.154. The summed E-state index contributed by atoms with van der Waals surface area (Å²) in [6, 6.07) is 7.31. The molecule has 0 atom stereocenters. The van der Waals surface area contributed by atoms with E-state index in [1.807, 2.05) is 24.3 Å². The molecule has 0 radical (unpaired) electrons. The number of benzene rings is 1. The predicted octanol–water partition coefficient (Wildman–Crippen LogP) is 1.11. The summed E-state index contributed by atoms with van der Waals surface area (Å²) in [7, 11) is 0. The Morgan fingerprint density at radius 1 is 1.10 bits per heavy atom. The molecule has 20 heavy (non-hydrogen) atoms. The highest BCUT2D eigenvalue weighted by Crippen LogP contribution is 2.04.